The van der Waals surface area contributed by atoms with Gasteiger partial charge < -0.3 is 0 Å². The Morgan fingerprint density at radius 3 is 2.08 bits per heavy atom. The molecule has 2 N–H and O–H groups in total. The van der Waals surface area contributed by atoms with Crippen LogP contribution >= 0.6 is 0 Å². The normalized spacial score (nSPS) is 18.2. The van der Waals surface area contributed by atoms with E-state index in [0.717, 1.165) is 11.1 Å². The van der Waals surface area contributed by atoms with Gasteiger partial charge in [-0.15, -0.1) is 0 Å². The minimum Gasteiger partial charge on any atom is -0.278 e. The molecule has 24 heavy (non-hydrogen) atoms. The quantitative estimate of drug-likeness (QED) is 0.638. The van der Waals surface area contributed by atoms with Gasteiger partial charge in [0.05, 0.1) is 11.3 Å². The van der Waals surface area contributed by atoms with E-state index in [2.05, 4.69) is 4.72 Å². The van der Waals surface area contributed by atoms with Crippen molar-refractivity contribution in [2.24, 2.45) is 0 Å². The van der Waals surface area contributed by atoms with Crippen molar-refractivity contribution in [3.63, 3.8) is 0 Å². The molecule has 2 aromatic carbocycles. The van der Waals surface area contributed by atoms with E-state index in [1.165, 1.54) is 12.1 Å². The molecular formula is C16H14N2O5S. The monoisotopic (exact) mass is 346 g/mol. The fourth-order valence-corrected chi connectivity index (χ4v) is 3.61. The van der Waals surface area contributed by atoms with Crippen LogP contribution in [-0.2, 0) is 19.6 Å². The van der Waals surface area contributed by atoms with Crippen LogP contribution in [0.5, 0.6) is 0 Å². The first-order chi connectivity index (χ1) is 11.4. The Hall–Kier alpha value is -2.55. The number of imide groups is 1. The maximum atomic E-state index is 12.3. The highest BCUT2D eigenvalue weighted by Crippen LogP contribution is 2.21. The zero-order chi connectivity index (χ0) is 17.3. The van der Waals surface area contributed by atoms with Gasteiger partial charge in [0.2, 0.25) is 10.0 Å². The Morgan fingerprint density at radius 1 is 0.958 bits per heavy atom. The summed E-state index contributed by atoms with van der Waals surface area (Å²) in [6, 6.07) is 14.3. The molecule has 1 saturated heterocycles. The second kappa shape index (κ2) is 6.16. The maximum absolute atomic E-state index is 12.3. The predicted molar refractivity (Wildman–Crippen MR) is 84.2 cm³/mol. The van der Waals surface area contributed by atoms with Crippen molar-refractivity contribution in [3.05, 3.63) is 54.6 Å². The molecule has 3 rings (SSSR count). The fourth-order valence-electron chi connectivity index (χ4n) is 2.42. The summed E-state index contributed by atoms with van der Waals surface area (Å²) in [4.78, 5) is 22.8. The summed E-state index contributed by atoms with van der Waals surface area (Å²) in [5.41, 5.74) is 1.80. The molecule has 8 heteroatoms. The second-order valence-electron chi connectivity index (χ2n) is 5.31. The van der Waals surface area contributed by atoms with E-state index in [1.807, 2.05) is 30.3 Å². The molecule has 7 nitrogen and oxygen atoms in total. The Labute approximate surface area is 138 Å². The maximum Gasteiger partial charge on any atom is 0.271 e. The van der Waals surface area contributed by atoms with Crippen molar-refractivity contribution < 1.29 is 23.2 Å². The highest BCUT2D eigenvalue weighted by molar-refractivity contribution is 7.89. The van der Waals surface area contributed by atoms with Gasteiger partial charge in [0.15, 0.2) is 0 Å². The first-order valence-electron chi connectivity index (χ1n) is 7.12. The summed E-state index contributed by atoms with van der Waals surface area (Å²) in [5.74, 6) is -1.82. The summed E-state index contributed by atoms with van der Waals surface area (Å²) >= 11 is 0. The molecule has 0 bridgehead atoms. The van der Waals surface area contributed by atoms with Gasteiger partial charge in [0.1, 0.15) is 6.04 Å². The van der Waals surface area contributed by atoms with Crippen molar-refractivity contribution in [2.45, 2.75) is 17.4 Å². The highest BCUT2D eigenvalue weighted by Gasteiger charge is 2.40. The SMILES string of the molecule is O=C1C[C@@H](NS(=O)(=O)c2ccc(-c3ccccc3)cc2)C(=O)N1O. The molecule has 1 heterocycles. The summed E-state index contributed by atoms with van der Waals surface area (Å²) in [5, 5.41) is 9.10. The van der Waals surface area contributed by atoms with Crippen LogP contribution in [0.3, 0.4) is 0 Å². The lowest BCUT2D eigenvalue weighted by molar-refractivity contribution is -0.171. The van der Waals surface area contributed by atoms with Gasteiger partial charge in [-0.1, -0.05) is 42.5 Å². The zero-order valence-corrected chi connectivity index (χ0v) is 13.2. The number of hydrogen-bond acceptors (Lipinski definition) is 5. The average Bonchev–Trinajstić information content (AvgIpc) is 2.82. The van der Waals surface area contributed by atoms with E-state index in [4.69, 9.17) is 5.21 Å². The van der Waals surface area contributed by atoms with Crippen molar-refractivity contribution in [1.82, 2.24) is 9.79 Å². The number of sulfonamides is 1. The fraction of sp³-hybridized carbons (Fsp3) is 0.125. The van der Waals surface area contributed by atoms with Crippen molar-refractivity contribution >= 4 is 21.8 Å². The molecule has 1 aliphatic heterocycles. The molecule has 0 spiro atoms. The molecule has 0 aromatic heterocycles. The largest absolute Gasteiger partial charge is 0.278 e. The van der Waals surface area contributed by atoms with Gasteiger partial charge in [-0.05, 0) is 23.3 Å². The van der Waals surface area contributed by atoms with Crippen LogP contribution < -0.4 is 4.72 Å². The Morgan fingerprint density at radius 2 is 1.54 bits per heavy atom. The molecule has 1 fully saturated rings. The van der Waals surface area contributed by atoms with Crippen molar-refractivity contribution in [3.8, 4) is 11.1 Å². The lowest BCUT2D eigenvalue weighted by Gasteiger charge is -2.11. The van der Waals surface area contributed by atoms with Crippen molar-refractivity contribution in [2.75, 3.05) is 0 Å². The molecule has 0 radical (unpaired) electrons. The second-order valence-corrected chi connectivity index (χ2v) is 7.03. The van der Waals surface area contributed by atoms with Crippen LogP contribution in [0.1, 0.15) is 6.42 Å². The molecule has 1 aliphatic rings. The van der Waals surface area contributed by atoms with Crippen LogP contribution in [0.25, 0.3) is 11.1 Å². The minimum atomic E-state index is -3.98. The third kappa shape index (κ3) is 3.07. The van der Waals surface area contributed by atoms with Gasteiger partial charge in [-0.25, -0.2) is 8.42 Å². The number of amides is 2. The van der Waals surface area contributed by atoms with Gasteiger partial charge in [-0.3, -0.25) is 14.8 Å². The average molecular weight is 346 g/mol. The molecule has 124 valence electrons. The first kappa shape index (κ1) is 16.3. The minimum absolute atomic E-state index is 0.0289. The van der Waals surface area contributed by atoms with Crippen LogP contribution in [-0.4, -0.2) is 36.5 Å². The highest BCUT2D eigenvalue weighted by atomic mass is 32.2. The van der Waals surface area contributed by atoms with Crippen LogP contribution in [0.15, 0.2) is 59.5 Å². The van der Waals surface area contributed by atoms with E-state index in [1.54, 1.807) is 12.1 Å². The molecule has 0 saturated carbocycles. The number of hydroxylamine groups is 2. The van der Waals surface area contributed by atoms with Crippen LogP contribution in [0, 0.1) is 0 Å². The number of nitrogens with zero attached hydrogens (tertiary/aromatic N) is 1. The third-order valence-electron chi connectivity index (χ3n) is 3.69. The van der Waals surface area contributed by atoms with E-state index in [-0.39, 0.29) is 9.96 Å². The van der Waals surface area contributed by atoms with Gasteiger partial charge in [-0.2, -0.15) is 9.79 Å². The smallest absolute Gasteiger partial charge is 0.271 e. The standard InChI is InChI=1S/C16H14N2O5S/c19-15-10-14(16(20)18(15)21)17-24(22,23)13-8-6-12(7-9-13)11-4-2-1-3-5-11/h1-9,14,17,21H,10H2/t14-/m1/s1. The van der Waals surface area contributed by atoms with E-state index < -0.39 is 34.3 Å². The third-order valence-corrected chi connectivity index (χ3v) is 5.18. The number of rotatable bonds is 4. The summed E-state index contributed by atoms with van der Waals surface area (Å²) in [6.07, 6.45) is -0.406. The van der Waals surface area contributed by atoms with Crippen LogP contribution in [0.4, 0.5) is 0 Å². The van der Waals surface area contributed by atoms with E-state index in [0.29, 0.717) is 0 Å². The van der Waals surface area contributed by atoms with E-state index in [9.17, 15) is 18.0 Å². The first-order valence-corrected chi connectivity index (χ1v) is 8.60. The molecule has 1 atom stereocenters. The molecule has 2 aromatic rings. The van der Waals surface area contributed by atoms with E-state index >= 15 is 0 Å². The number of benzene rings is 2. The molecule has 2 amide bonds. The van der Waals surface area contributed by atoms with Gasteiger partial charge >= 0.3 is 0 Å². The molecule has 0 unspecified atom stereocenters. The molecular weight excluding hydrogens is 332 g/mol. The lowest BCUT2D eigenvalue weighted by atomic mass is 10.1. The summed E-state index contributed by atoms with van der Waals surface area (Å²) in [7, 11) is -3.98. The Kier molecular flexibility index (Phi) is 4.18. The Balaban J connectivity index is 1.81. The number of hydrogen-bond donors (Lipinski definition) is 2. The predicted octanol–water partition coefficient (Wildman–Crippen LogP) is 1.15. The lowest BCUT2D eigenvalue weighted by Crippen LogP contribution is -2.40. The van der Waals surface area contributed by atoms with Crippen LogP contribution in [0.2, 0.25) is 0 Å². The number of nitrogens with one attached hydrogen (secondary N) is 1. The van der Waals surface area contributed by atoms with Gasteiger partial charge in [0.25, 0.3) is 11.8 Å². The topological polar surface area (TPSA) is 104 Å². The Bertz CT molecular complexity index is 878. The summed E-state index contributed by atoms with van der Waals surface area (Å²) in [6.45, 7) is 0. The van der Waals surface area contributed by atoms with Gasteiger partial charge in [0, 0.05) is 0 Å². The number of carbonyl (C=O) groups is 2. The zero-order valence-electron chi connectivity index (χ0n) is 12.4. The molecule has 0 aliphatic carbocycles. The summed E-state index contributed by atoms with van der Waals surface area (Å²) < 4.78 is 26.8. The number of carbonyl (C=O) groups excluding carboxylic acids is 2. The van der Waals surface area contributed by atoms with Crippen molar-refractivity contribution in [1.29, 1.82) is 0 Å².